The van der Waals surface area contributed by atoms with Crippen molar-refractivity contribution in [1.29, 1.82) is 0 Å². The third kappa shape index (κ3) is 3.34. The van der Waals surface area contributed by atoms with E-state index in [1.54, 1.807) is 11.1 Å². The molecule has 0 saturated carbocycles. The number of nitrogens with two attached hydrogens (primary N) is 1. The molecule has 0 bridgehead atoms. The highest BCUT2D eigenvalue weighted by molar-refractivity contribution is 5.94. The predicted molar refractivity (Wildman–Crippen MR) is 126 cm³/mol. The van der Waals surface area contributed by atoms with Crippen LogP contribution >= 0.6 is 0 Å². The van der Waals surface area contributed by atoms with E-state index in [1.807, 2.05) is 30.3 Å². The average Bonchev–Trinajstić information content (AvgIpc) is 2.79. The summed E-state index contributed by atoms with van der Waals surface area (Å²) < 4.78 is 0. The summed E-state index contributed by atoms with van der Waals surface area (Å²) in [4.78, 5) is 0. The minimum atomic E-state index is 0.850. The van der Waals surface area contributed by atoms with Gasteiger partial charge >= 0.3 is 0 Å². The fourth-order valence-corrected chi connectivity index (χ4v) is 4.64. The summed E-state index contributed by atoms with van der Waals surface area (Å²) >= 11 is 0. The van der Waals surface area contributed by atoms with Crippen molar-refractivity contribution in [1.82, 2.24) is 0 Å². The number of allylic oxidation sites excluding steroid dienone is 4. The molecular formula is C28H25N. The van der Waals surface area contributed by atoms with Crippen LogP contribution in [0.1, 0.15) is 30.4 Å². The van der Waals surface area contributed by atoms with Gasteiger partial charge < -0.3 is 5.73 Å². The van der Waals surface area contributed by atoms with Crippen LogP contribution in [0.25, 0.3) is 27.1 Å². The summed E-state index contributed by atoms with van der Waals surface area (Å²) in [5, 5.41) is 5.16. The van der Waals surface area contributed by atoms with Crippen LogP contribution in [0.4, 0.5) is 5.69 Å². The van der Waals surface area contributed by atoms with Crippen LogP contribution in [0.3, 0.4) is 0 Å². The first kappa shape index (κ1) is 17.8. The van der Waals surface area contributed by atoms with Crippen molar-refractivity contribution < 1.29 is 0 Å². The van der Waals surface area contributed by atoms with E-state index in [2.05, 4.69) is 60.7 Å². The van der Waals surface area contributed by atoms with Crippen LogP contribution in [0.5, 0.6) is 0 Å². The Labute approximate surface area is 172 Å². The number of aryl methyl sites for hydroxylation is 1. The minimum absolute atomic E-state index is 0.850. The number of anilines is 1. The van der Waals surface area contributed by atoms with E-state index in [9.17, 15) is 0 Å². The van der Waals surface area contributed by atoms with Crippen molar-refractivity contribution >= 4 is 32.8 Å². The molecule has 0 heterocycles. The monoisotopic (exact) mass is 375 g/mol. The minimum Gasteiger partial charge on any atom is -0.398 e. The molecular weight excluding hydrogens is 350 g/mol. The molecule has 0 atom stereocenters. The van der Waals surface area contributed by atoms with E-state index in [4.69, 9.17) is 5.73 Å². The number of nitrogen functional groups attached to an aromatic ring is 1. The maximum absolute atomic E-state index is 5.76. The maximum Gasteiger partial charge on any atom is 0.0393 e. The number of hydrogen-bond donors (Lipinski definition) is 1. The third-order valence-corrected chi connectivity index (χ3v) is 6.11. The van der Waals surface area contributed by atoms with Gasteiger partial charge in [0.1, 0.15) is 0 Å². The molecule has 2 aliphatic carbocycles. The predicted octanol–water partition coefficient (Wildman–Crippen LogP) is 7.31. The molecule has 0 aliphatic heterocycles. The largest absolute Gasteiger partial charge is 0.398 e. The molecule has 2 aliphatic rings. The molecule has 6 rings (SSSR count). The standard InChI is InChI=1S/C18H16.C10H9N/c1-3-7-15-13(5-1)9-11-18-16-8-4-2-6-14(16)10-12-17(15)18;11-10-7-3-5-8-4-1-2-6-9(8)10/h1,3-5,7-9,11H,2,6,10,12H2;1-7H,11H2. The summed E-state index contributed by atoms with van der Waals surface area (Å²) in [7, 11) is 0. The number of fused-ring (bicyclic) bond motifs is 5. The Hall–Kier alpha value is -3.32. The molecule has 0 aromatic heterocycles. The lowest BCUT2D eigenvalue weighted by molar-refractivity contribution is 0.831. The zero-order valence-electron chi connectivity index (χ0n) is 16.6. The summed E-state index contributed by atoms with van der Waals surface area (Å²) in [5.41, 5.74) is 12.8. The van der Waals surface area contributed by atoms with Crippen molar-refractivity contribution in [3.8, 4) is 0 Å². The van der Waals surface area contributed by atoms with Crippen LogP contribution in [0.15, 0.2) is 96.6 Å². The summed E-state index contributed by atoms with van der Waals surface area (Å²) in [6.07, 6.45) is 9.61. The molecule has 0 unspecified atom stereocenters. The lowest BCUT2D eigenvalue weighted by atomic mass is 9.80. The quantitative estimate of drug-likeness (QED) is 0.320. The van der Waals surface area contributed by atoms with Crippen LogP contribution in [0, 0.1) is 0 Å². The van der Waals surface area contributed by atoms with Crippen LogP contribution < -0.4 is 5.73 Å². The normalized spacial score (nSPS) is 14.9. The van der Waals surface area contributed by atoms with Gasteiger partial charge in [0.25, 0.3) is 0 Å². The zero-order valence-corrected chi connectivity index (χ0v) is 16.6. The van der Waals surface area contributed by atoms with Gasteiger partial charge in [-0.25, -0.2) is 0 Å². The van der Waals surface area contributed by atoms with E-state index in [0.29, 0.717) is 0 Å². The topological polar surface area (TPSA) is 26.0 Å². The molecule has 0 saturated heterocycles. The summed E-state index contributed by atoms with van der Waals surface area (Å²) in [5.74, 6) is 0. The van der Waals surface area contributed by atoms with Gasteiger partial charge in [0, 0.05) is 11.1 Å². The molecule has 29 heavy (non-hydrogen) atoms. The van der Waals surface area contributed by atoms with E-state index in [0.717, 1.165) is 11.1 Å². The molecule has 142 valence electrons. The fourth-order valence-electron chi connectivity index (χ4n) is 4.64. The van der Waals surface area contributed by atoms with Crippen LogP contribution in [-0.2, 0) is 6.42 Å². The highest BCUT2D eigenvalue weighted by Crippen LogP contribution is 2.39. The van der Waals surface area contributed by atoms with Gasteiger partial charge in [-0.05, 0) is 64.6 Å². The van der Waals surface area contributed by atoms with Gasteiger partial charge in [-0.2, -0.15) is 0 Å². The lowest BCUT2D eigenvalue weighted by Gasteiger charge is -2.25. The lowest BCUT2D eigenvalue weighted by Crippen LogP contribution is -2.06. The smallest absolute Gasteiger partial charge is 0.0393 e. The number of hydrogen-bond acceptors (Lipinski definition) is 1. The summed E-state index contributed by atoms with van der Waals surface area (Å²) in [6, 6.07) is 27.4. The number of benzene rings is 4. The van der Waals surface area contributed by atoms with Gasteiger partial charge in [-0.15, -0.1) is 0 Å². The van der Waals surface area contributed by atoms with Crippen molar-refractivity contribution in [2.75, 3.05) is 5.73 Å². The Morgan fingerprint density at radius 1 is 0.621 bits per heavy atom. The van der Waals surface area contributed by atoms with E-state index >= 15 is 0 Å². The molecule has 4 aromatic rings. The molecule has 1 heteroatoms. The summed E-state index contributed by atoms with van der Waals surface area (Å²) in [6.45, 7) is 0. The Morgan fingerprint density at radius 3 is 2.17 bits per heavy atom. The Kier molecular flexibility index (Phi) is 4.65. The maximum atomic E-state index is 5.76. The fraction of sp³-hybridized carbons (Fsp3) is 0.143. The Morgan fingerprint density at radius 2 is 1.34 bits per heavy atom. The van der Waals surface area contributed by atoms with Crippen molar-refractivity contribution in [3.63, 3.8) is 0 Å². The van der Waals surface area contributed by atoms with Gasteiger partial charge in [-0.3, -0.25) is 0 Å². The third-order valence-electron chi connectivity index (χ3n) is 6.11. The average molecular weight is 376 g/mol. The molecule has 0 spiro atoms. The number of rotatable bonds is 0. The molecule has 0 amide bonds. The van der Waals surface area contributed by atoms with E-state index in [1.165, 1.54) is 53.0 Å². The van der Waals surface area contributed by atoms with Gasteiger partial charge in [-0.1, -0.05) is 90.5 Å². The first-order valence-corrected chi connectivity index (χ1v) is 10.4. The highest BCUT2D eigenvalue weighted by atomic mass is 14.5. The Balaban J connectivity index is 0.000000142. The SMILES string of the molecule is C1=CC2=C(CC1)CCc1c2ccc2ccccc12.Nc1cccc2ccccc12. The molecule has 4 aromatic carbocycles. The van der Waals surface area contributed by atoms with Crippen molar-refractivity contribution in [3.05, 3.63) is 108 Å². The van der Waals surface area contributed by atoms with Crippen LogP contribution in [-0.4, -0.2) is 0 Å². The molecule has 1 nitrogen and oxygen atoms in total. The first-order valence-electron chi connectivity index (χ1n) is 10.4. The second-order valence-corrected chi connectivity index (χ2v) is 7.84. The van der Waals surface area contributed by atoms with E-state index < -0.39 is 0 Å². The highest BCUT2D eigenvalue weighted by Gasteiger charge is 2.20. The second kappa shape index (κ2) is 7.60. The molecule has 0 fully saturated rings. The van der Waals surface area contributed by atoms with Gasteiger partial charge in [0.2, 0.25) is 0 Å². The first-order chi connectivity index (χ1) is 14.3. The zero-order chi connectivity index (χ0) is 19.6. The van der Waals surface area contributed by atoms with Crippen molar-refractivity contribution in [2.24, 2.45) is 0 Å². The van der Waals surface area contributed by atoms with Gasteiger partial charge in [0.05, 0.1) is 0 Å². The van der Waals surface area contributed by atoms with Crippen LogP contribution in [0.2, 0.25) is 0 Å². The molecule has 0 radical (unpaired) electrons. The Bertz CT molecular complexity index is 1250. The molecule has 2 N–H and O–H groups in total. The second-order valence-electron chi connectivity index (χ2n) is 7.84. The van der Waals surface area contributed by atoms with Crippen molar-refractivity contribution in [2.45, 2.75) is 25.7 Å². The van der Waals surface area contributed by atoms with Gasteiger partial charge in [0.15, 0.2) is 0 Å². The van der Waals surface area contributed by atoms with E-state index in [-0.39, 0.29) is 0 Å².